The molecule has 1 atom stereocenters. The number of hydrogen-bond donors (Lipinski definition) is 2. The Morgan fingerprint density at radius 1 is 1.79 bits per heavy atom. The van der Waals surface area contributed by atoms with Crippen molar-refractivity contribution in [2.45, 2.75) is 25.8 Å². The van der Waals surface area contributed by atoms with Gasteiger partial charge in [-0.05, 0) is 19.4 Å². The molecule has 1 heterocycles. The predicted octanol–water partition coefficient (Wildman–Crippen LogP) is 0.671. The molecular weight excluding hydrogens is 182 g/mol. The average molecular weight is 197 g/mol. The van der Waals surface area contributed by atoms with E-state index in [1.165, 1.54) is 7.11 Å². The maximum absolute atomic E-state index is 10.8. The molecule has 0 spiro atoms. The standard InChI is InChI=1S/C9H15N3O2/c1-6-5-8(12-11-6)7(10)3-4-9(13)14-2/h5,7H,3-4,10H2,1-2H3,(H,11,12). The van der Waals surface area contributed by atoms with Gasteiger partial charge in [-0.25, -0.2) is 0 Å². The summed E-state index contributed by atoms with van der Waals surface area (Å²) in [6, 6.07) is 1.67. The number of nitrogens with one attached hydrogen (secondary N) is 1. The topological polar surface area (TPSA) is 81.0 Å². The van der Waals surface area contributed by atoms with Crippen molar-refractivity contribution in [1.29, 1.82) is 0 Å². The van der Waals surface area contributed by atoms with Gasteiger partial charge in [-0.1, -0.05) is 0 Å². The summed E-state index contributed by atoms with van der Waals surface area (Å²) in [7, 11) is 1.37. The lowest BCUT2D eigenvalue weighted by atomic mass is 10.1. The highest BCUT2D eigenvalue weighted by Crippen LogP contribution is 2.13. The van der Waals surface area contributed by atoms with Crippen molar-refractivity contribution in [3.8, 4) is 0 Å². The largest absolute Gasteiger partial charge is 0.469 e. The van der Waals surface area contributed by atoms with E-state index in [4.69, 9.17) is 5.73 Å². The Kier molecular flexibility index (Phi) is 3.64. The molecule has 0 bridgehead atoms. The number of esters is 1. The smallest absolute Gasteiger partial charge is 0.305 e. The third kappa shape index (κ3) is 2.85. The minimum Gasteiger partial charge on any atom is -0.469 e. The highest BCUT2D eigenvalue weighted by Gasteiger charge is 2.11. The third-order valence-corrected chi connectivity index (χ3v) is 1.99. The van der Waals surface area contributed by atoms with Crippen LogP contribution in [0, 0.1) is 6.92 Å². The van der Waals surface area contributed by atoms with Gasteiger partial charge < -0.3 is 10.5 Å². The first-order valence-corrected chi connectivity index (χ1v) is 4.47. The summed E-state index contributed by atoms with van der Waals surface area (Å²) in [5.74, 6) is -0.243. The molecule has 1 unspecified atom stereocenters. The zero-order chi connectivity index (χ0) is 10.6. The number of ether oxygens (including phenoxy) is 1. The lowest BCUT2D eigenvalue weighted by Gasteiger charge is -2.06. The summed E-state index contributed by atoms with van der Waals surface area (Å²) in [4.78, 5) is 10.8. The number of rotatable bonds is 4. The monoisotopic (exact) mass is 197 g/mol. The number of carbonyl (C=O) groups is 1. The second-order valence-electron chi connectivity index (χ2n) is 3.20. The van der Waals surface area contributed by atoms with Crippen LogP contribution in [0.3, 0.4) is 0 Å². The van der Waals surface area contributed by atoms with Crippen molar-refractivity contribution in [2.24, 2.45) is 5.73 Å². The van der Waals surface area contributed by atoms with Crippen molar-refractivity contribution >= 4 is 5.97 Å². The number of aromatic amines is 1. The Morgan fingerprint density at radius 3 is 3.00 bits per heavy atom. The van der Waals surface area contributed by atoms with Crippen LogP contribution < -0.4 is 5.73 Å². The SMILES string of the molecule is COC(=O)CCC(N)c1cc(C)[nH]n1. The molecule has 0 saturated heterocycles. The van der Waals surface area contributed by atoms with E-state index < -0.39 is 0 Å². The van der Waals surface area contributed by atoms with E-state index in [0.29, 0.717) is 12.8 Å². The summed E-state index contributed by atoms with van der Waals surface area (Å²) in [5.41, 5.74) is 7.57. The molecule has 0 saturated carbocycles. The predicted molar refractivity (Wildman–Crippen MR) is 51.5 cm³/mol. The highest BCUT2D eigenvalue weighted by atomic mass is 16.5. The molecule has 5 heteroatoms. The minimum absolute atomic E-state index is 0.209. The molecule has 5 nitrogen and oxygen atoms in total. The normalized spacial score (nSPS) is 12.5. The summed E-state index contributed by atoms with van der Waals surface area (Å²) in [6.07, 6.45) is 0.876. The molecule has 0 amide bonds. The van der Waals surface area contributed by atoms with Crippen molar-refractivity contribution in [3.05, 3.63) is 17.5 Å². The van der Waals surface area contributed by atoms with Gasteiger partial charge in [0.15, 0.2) is 0 Å². The van der Waals surface area contributed by atoms with Crippen LogP contribution in [0.25, 0.3) is 0 Å². The highest BCUT2D eigenvalue weighted by molar-refractivity contribution is 5.69. The van der Waals surface area contributed by atoms with Gasteiger partial charge in [0, 0.05) is 18.2 Å². The third-order valence-electron chi connectivity index (χ3n) is 1.99. The van der Waals surface area contributed by atoms with E-state index in [2.05, 4.69) is 14.9 Å². The van der Waals surface area contributed by atoms with Gasteiger partial charge in [0.1, 0.15) is 0 Å². The maximum Gasteiger partial charge on any atom is 0.305 e. The van der Waals surface area contributed by atoms with Crippen LogP contribution in [0.2, 0.25) is 0 Å². The molecule has 1 aromatic rings. The van der Waals surface area contributed by atoms with Crippen LogP contribution in [0.15, 0.2) is 6.07 Å². The van der Waals surface area contributed by atoms with Crippen molar-refractivity contribution in [2.75, 3.05) is 7.11 Å². The molecule has 78 valence electrons. The molecule has 3 N–H and O–H groups in total. The van der Waals surface area contributed by atoms with E-state index in [9.17, 15) is 4.79 Å². The first-order chi connectivity index (χ1) is 6.63. The van der Waals surface area contributed by atoms with Crippen LogP contribution >= 0.6 is 0 Å². The van der Waals surface area contributed by atoms with Crippen molar-refractivity contribution in [3.63, 3.8) is 0 Å². The summed E-state index contributed by atoms with van der Waals surface area (Å²) in [6.45, 7) is 1.91. The van der Waals surface area contributed by atoms with Gasteiger partial charge in [-0.2, -0.15) is 5.10 Å². The second-order valence-corrected chi connectivity index (χ2v) is 3.20. The van der Waals surface area contributed by atoms with Gasteiger partial charge >= 0.3 is 5.97 Å². The van der Waals surface area contributed by atoms with Gasteiger partial charge in [-0.15, -0.1) is 0 Å². The number of aryl methyl sites for hydroxylation is 1. The van der Waals surface area contributed by atoms with Gasteiger partial charge in [0.25, 0.3) is 0 Å². The fourth-order valence-corrected chi connectivity index (χ4v) is 1.15. The molecule has 14 heavy (non-hydrogen) atoms. The fourth-order valence-electron chi connectivity index (χ4n) is 1.15. The Balaban J connectivity index is 2.42. The Bertz CT molecular complexity index is 309. The van der Waals surface area contributed by atoms with Crippen molar-refractivity contribution in [1.82, 2.24) is 10.2 Å². The first kappa shape index (κ1) is 10.7. The molecular formula is C9H15N3O2. The van der Waals surface area contributed by atoms with Crippen LogP contribution in [0.5, 0.6) is 0 Å². The van der Waals surface area contributed by atoms with Gasteiger partial charge in [0.2, 0.25) is 0 Å². The Morgan fingerprint density at radius 2 is 2.50 bits per heavy atom. The summed E-state index contributed by atoms with van der Waals surface area (Å²) >= 11 is 0. The summed E-state index contributed by atoms with van der Waals surface area (Å²) < 4.78 is 4.52. The number of nitrogens with zero attached hydrogens (tertiary/aromatic N) is 1. The zero-order valence-corrected chi connectivity index (χ0v) is 8.41. The average Bonchev–Trinajstić information content (AvgIpc) is 2.60. The lowest BCUT2D eigenvalue weighted by molar-refractivity contribution is -0.140. The zero-order valence-electron chi connectivity index (χ0n) is 8.41. The number of hydrogen-bond acceptors (Lipinski definition) is 4. The van der Waals surface area contributed by atoms with Gasteiger partial charge in [-0.3, -0.25) is 9.89 Å². The maximum atomic E-state index is 10.8. The van der Waals surface area contributed by atoms with Crippen molar-refractivity contribution < 1.29 is 9.53 Å². The second kappa shape index (κ2) is 4.76. The molecule has 0 aliphatic heterocycles. The van der Waals surface area contributed by atoms with Crippen LogP contribution in [-0.4, -0.2) is 23.3 Å². The van der Waals surface area contributed by atoms with Crippen LogP contribution in [0.1, 0.15) is 30.3 Å². The van der Waals surface area contributed by atoms with E-state index in [1.807, 2.05) is 13.0 Å². The Labute approximate surface area is 82.6 Å². The molecule has 0 aliphatic rings. The number of methoxy groups -OCH3 is 1. The van der Waals surface area contributed by atoms with E-state index in [-0.39, 0.29) is 12.0 Å². The molecule has 0 fully saturated rings. The molecule has 1 rings (SSSR count). The van der Waals surface area contributed by atoms with Crippen LogP contribution in [-0.2, 0) is 9.53 Å². The molecule has 1 aromatic heterocycles. The lowest BCUT2D eigenvalue weighted by Crippen LogP contribution is -2.13. The quantitative estimate of drug-likeness (QED) is 0.695. The minimum atomic E-state index is -0.243. The first-order valence-electron chi connectivity index (χ1n) is 4.47. The van der Waals surface area contributed by atoms with Crippen LogP contribution in [0.4, 0.5) is 0 Å². The number of aromatic nitrogens is 2. The van der Waals surface area contributed by atoms with E-state index >= 15 is 0 Å². The summed E-state index contributed by atoms with van der Waals surface area (Å²) in [5, 5.41) is 6.82. The number of carbonyl (C=O) groups excluding carboxylic acids is 1. The Hall–Kier alpha value is -1.36. The van der Waals surface area contributed by atoms with E-state index in [0.717, 1.165) is 11.4 Å². The molecule has 0 aliphatic carbocycles. The number of H-pyrrole nitrogens is 1. The number of nitrogens with two attached hydrogens (primary N) is 1. The molecule has 0 radical (unpaired) electrons. The van der Waals surface area contributed by atoms with Gasteiger partial charge in [0.05, 0.1) is 12.8 Å². The molecule has 0 aromatic carbocycles. The fraction of sp³-hybridized carbons (Fsp3) is 0.556. The van der Waals surface area contributed by atoms with E-state index in [1.54, 1.807) is 0 Å².